The quantitative estimate of drug-likeness (QED) is 0.629. The van der Waals surface area contributed by atoms with Crippen LogP contribution in [-0.2, 0) is 11.3 Å². The van der Waals surface area contributed by atoms with E-state index in [1.54, 1.807) is 35.1 Å². The second-order valence-corrected chi connectivity index (χ2v) is 7.13. The molecule has 0 saturated carbocycles. The van der Waals surface area contributed by atoms with Gasteiger partial charge in [-0.2, -0.15) is 0 Å². The second-order valence-electron chi connectivity index (χ2n) is 7.13. The summed E-state index contributed by atoms with van der Waals surface area (Å²) in [7, 11) is 0. The van der Waals surface area contributed by atoms with Crippen LogP contribution in [0.15, 0.2) is 60.8 Å². The maximum atomic E-state index is 12.6. The fourth-order valence-electron chi connectivity index (χ4n) is 3.33. The summed E-state index contributed by atoms with van der Waals surface area (Å²) in [4.78, 5) is 25.2. The molecule has 8 heteroatoms. The number of aromatic nitrogens is 3. The summed E-state index contributed by atoms with van der Waals surface area (Å²) in [5.74, 6) is -0.678. The highest BCUT2D eigenvalue weighted by molar-refractivity contribution is 6.08. The van der Waals surface area contributed by atoms with Crippen LogP contribution in [-0.4, -0.2) is 46.1 Å². The van der Waals surface area contributed by atoms with Gasteiger partial charge in [-0.15, -0.1) is 5.10 Å². The summed E-state index contributed by atoms with van der Waals surface area (Å²) in [5.41, 5.74) is 2.05. The van der Waals surface area contributed by atoms with Gasteiger partial charge in [0.2, 0.25) is 0 Å². The number of benzene rings is 2. The molecule has 1 aliphatic rings. The number of anilines is 1. The van der Waals surface area contributed by atoms with E-state index in [1.807, 2.05) is 30.3 Å². The Morgan fingerprint density at radius 1 is 1.07 bits per heavy atom. The number of hydrogen-bond donors (Lipinski definition) is 2. The third-order valence-electron chi connectivity index (χ3n) is 4.89. The Morgan fingerprint density at radius 3 is 2.67 bits per heavy atom. The number of carbonyl (C=O) groups excluding carboxylic acids is 2. The first-order valence-electron chi connectivity index (χ1n) is 9.93. The lowest BCUT2D eigenvalue weighted by atomic mass is 10.1. The Hall–Kier alpha value is -3.52. The van der Waals surface area contributed by atoms with E-state index in [0.29, 0.717) is 24.3 Å². The van der Waals surface area contributed by atoms with Crippen LogP contribution < -0.4 is 10.6 Å². The number of carbonyl (C=O) groups is 2. The molecular weight excluding hydrogens is 382 g/mol. The molecule has 2 N–H and O–H groups in total. The van der Waals surface area contributed by atoms with Gasteiger partial charge in [0.05, 0.1) is 30.1 Å². The van der Waals surface area contributed by atoms with E-state index in [2.05, 4.69) is 20.9 Å². The van der Waals surface area contributed by atoms with Crippen molar-refractivity contribution >= 4 is 17.5 Å². The van der Waals surface area contributed by atoms with E-state index in [-0.39, 0.29) is 17.7 Å². The Morgan fingerprint density at radius 2 is 1.87 bits per heavy atom. The van der Waals surface area contributed by atoms with Crippen molar-refractivity contribution in [1.29, 1.82) is 0 Å². The normalized spacial score (nSPS) is 15.7. The number of amides is 2. The molecule has 2 amide bonds. The van der Waals surface area contributed by atoms with Crippen molar-refractivity contribution in [3.05, 3.63) is 77.6 Å². The van der Waals surface area contributed by atoms with E-state index < -0.39 is 5.91 Å². The van der Waals surface area contributed by atoms with Crippen LogP contribution in [0.4, 0.5) is 5.69 Å². The maximum Gasteiger partial charge on any atom is 0.277 e. The van der Waals surface area contributed by atoms with E-state index in [9.17, 15) is 9.59 Å². The fraction of sp³-hybridized carbons (Fsp3) is 0.273. The average Bonchev–Trinajstić information content (AvgIpc) is 3.45. The summed E-state index contributed by atoms with van der Waals surface area (Å²) < 4.78 is 7.14. The molecular formula is C22H23N5O3. The number of nitrogens with one attached hydrogen (secondary N) is 2. The molecule has 30 heavy (non-hydrogen) atoms. The first-order chi connectivity index (χ1) is 14.7. The fourth-order valence-corrected chi connectivity index (χ4v) is 3.33. The SMILES string of the molecule is O=C(Nc1ccccc1C(=O)NC[C@@H]1CCCO1)c1cn(Cc2ccccc2)nn1. The van der Waals surface area contributed by atoms with Gasteiger partial charge < -0.3 is 15.4 Å². The Labute approximate surface area is 174 Å². The van der Waals surface area contributed by atoms with Crippen molar-refractivity contribution in [3.63, 3.8) is 0 Å². The molecule has 0 aliphatic carbocycles. The van der Waals surface area contributed by atoms with Crippen LogP contribution in [0.2, 0.25) is 0 Å². The van der Waals surface area contributed by atoms with Crippen LogP contribution in [0.25, 0.3) is 0 Å². The zero-order chi connectivity index (χ0) is 20.8. The summed E-state index contributed by atoms with van der Waals surface area (Å²) in [5, 5.41) is 13.6. The van der Waals surface area contributed by atoms with Gasteiger partial charge in [-0.25, -0.2) is 4.68 Å². The molecule has 1 aliphatic heterocycles. The second kappa shape index (κ2) is 9.32. The number of ether oxygens (including phenoxy) is 1. The van der Waals surface area contributed by atoms with Gasteiger partial charge in [0, 0.05) is 13.2 Å². The Balaban J connectivity index is 1.40. The van der Waals surface area contributed by atoms with Gasteiger partial charge in [-0.3, -0.25) is 9.59 Å². The molecule has 8 nitrogen and oxygen atoms in total. The molecule has 1 aromatic heterocycles. The lowest BCUT2D eigenvalue weighted by Crippen LogP contribution is -2.32. The highest BCUT2D eigenvalue weighted by Gasteiger charge is 2.19. The molecule has 0 spiro atoms. The van der Waals surface area contributed by atoms with Crippen molar-refractivity contribution in [1.82, 2.24) is 20.3 Å². The molecule has 0 bridgehead atoms. The topological polar surface area (TPSA) is 98.1 Å². The van der Waals surface area contributed by atoms with Crippen molar-refractivity contribution < 1.29 is 14.3 Å². The Kier molecular flexibility index (Phi) is 6.14. The lowest BCUT2D eigenvalue weighted by molar-refractivity contribution is 0.0858. The van der Waals surface area contributed by atoms with Gasteiger partial charge in [0.1, 0.15) is 0 Å². The van der Waals surface area contributed by atoms with Crippen molar-refractivity contribution in [2.45, 2.75) is 25.5 Å². The van der Waals surface area contributed by atoms with Crippen LogP contribution in [0, 0.1) is 0 Å². The minimum atomic E-state index is -0.423. The van der Waals surface area contributed by atoms with Gasteiger partial charge in [-0.1, -0.05) is 47.7 Å². The molecule has 2 aromatic carbocycles. The third-order valence-corrected chi connectivity index (χ3v) is 4.89. The summed E-state index contributed by atoms with van der Waals surface area (Å²) in [6.45, 7) is 1.70. The zero-order valence-electron chi connectivity index (χ0n) is 16.5. The van der Waals surface area contributed by atoms with E-state index >= 15 is 0 Å². The number of rotatable bonds is 7. The zero-order valence-corrected chi connectivity index (χ0v) is 16.5. The van der Waals surface area contributed by atoms with Crippen molar-refractivity contribution in [3.8, 4) is 0 Å². The van der Waals surface area contributed by atoms with Gasteiger partial charge in [0.25, 0.3) is 11.8 Å². The minimum Gasteiger partial charge on any atom is -0.376 e. The minimum absolute atomic E-state index is 0.0513. The molecule has 1 fully saturated rings. The molecule has 1 atom stereocenters. The van der Waals surface area contributed by atoms with Crippen LogP contribution in [0.1, 0.15) is 39.3 Å². The molecule has 4 rings (SSSR count). The predicted octanol–water partition coefficient (Wildman–Crippen LogP) is 2.49. The highest BCUT2D eigenvalue weighted by atomic mass is 16.5. The van der Waals surface area contributed by atoms with Crippen LogP contribution in [0.3, 0.4) is 0 Å². The monoisotopic (exact) mass is 405 g/mol. The van der Waals surface area contributed by atoms with Crippen molar-refractivity contribution in [2.24, 2.45) is 0 Å². The molecule has 2 heterocycles. The Bertz CT molecular complexity index is 1010. The average molecular weight is 405 g/mol. The van der Waals surface area contributed by atoms with Crippen LogP contribution in [0.5, 0.6) is 0 Å². The highest BCUT2D eigenvalue weighted by Crippen LogP contribution is 2.17. The molecule has 154 valence electrons. The smallest absolute Gasteiger partial charge is 0.277 e. The summed E-state index contributed by atoms with van der Waals surface area (Å²) in [6, 6.07) is 16.7. The first-order valence-corrected chi connectivity index (χ1v) is 9.93. The summed E-state index contributed by atoms with van der Waals surface area (Å²) in [6.07, 6.45) is 3.59. The van der Waals surface area contributed by atoms with Crippen molar-refractivity contribution in [2.75, 3.05) is 18.5 Å². The molecule has 0 unspecified atom stereocenters. The summed E-state index contributed by atoms with van der Waals surface area (Å²) >= 11 is 0. The molecule has 1 saturated heterocycles. The van der Waals surface area contributed by atoms with Gasteiger partial charge >= 0.3 is 0 Å². The number of hydrogen-bond acceptors (Lipinski definition) is 5. The van der Waals surface area contributed by atoms with Crippen LogP contribution >= 0.6 is 0 Å². The standard InChI is InChI=1S/C22H23N5O3/c28-21(23-13-17-9-6-12-30-17)18-10-4-5-11-19(18)24-22(29)20-15-27(26-25-20)14-16-7-2-1-3-8-16/h1-5,7-8,10-11,15,17H,6,9,12-14H2,(H,23,28)(H,24,29)/t17-/m0/s1. The third kappa shape index (κ3) is 4.90. The van der Waals surface area contributed by atoms with E-state index in [1.165, 1.54) is 0 Å². The number of nitrogens with zero attached hydrogens (tertiary/aromatic N) is 3. The molecule has 3 aromatic rings. The number of para-hydroxylation sites is 1. The maximum absolute atomic E-state index is 12.6. The largest absolute Gasteiger partial charge is 0.376 e. The predicted molar refractivity (Wildman–Crippen MR) is 111 cm³/mol. The van der Waals surface area contributed by atoms with E-state index in [0.717, 1.165) is 25.0 Å². The first kappa shape index (κ1) is 19.8. The van der Waals surface area contributed by atoms with E-state index in [4.69, 9.17) is 4.74 Å². The van der Waals surface area contributed by atoms with Gasteiger partial charge in [-0.05, 0) is 30.5 Å². The lowest BCUT2D eigenvalue weighted by Gasteiger charge is -2.13. The molecule has 0 radical (unpaired) electrons. The van der Waals surface area contributed by atoms with Gasteiger partial charge in [0.15, 0.2) is 5.69 Å².